The zero-order valence-corrected chi connectivity index (χ0v) is 12.3. The molecule has 2 aromatic heterocycles. The van der Waals surface area contributed by atoms with Crippen LogP contribution in [-0.2, 0) is 0 Å². The van der Waals surface area contributed by atoms with Gasteiger partial charge in [0.25, 0.3) is 0 Å². The topological polar surface area (TPSA) is 55.0 Å². The molecular weight excluding hydrogens is 256 g/mol. The molecule has 0 saturated carbocycles. The first kappa shape index (κ1) is 13.8. The molecule has 0 fully saturated rings. The minimum atomic E-state index is 0.593. The van der Waals surface area contributed by atoms with Crippen LogP contribution in [0.5, 0.6) is 0 Å². The molecule has 0 aliphatic carbocycles. The Balaban J connectivity index is 2.23. The van der Waals surface area contributed by atoms with Crippen molar-refractivity contribution < 1.29 is 0 Å². The zero-order valence-electron chi connectivity index (χ0n) is 11.5. The maximum absolute atomic E-state index is 6.01. The van der Waals surface area contributed by atoms with Crippen molar-refractivity contribution in [2.24, 2.45) is 0 Å². The highest BCUT2D eigenvalue weighted by Crippen LogP contribution is 2.38. The summed E-state index contributed by atoms with van der Waals surface area (Å²) in [5.41, 5.74) is 8.06. The molecule has 0 radical (unpaired) electrons. The van der Waals surface area contributed by atoms with Crippen LogP contribution in [0.1, 0.15) is 26.2 Å². The van der Waals surface area contributed by atoms with Crippen molar-refractivity contribution in [1.82, 2.24) is 9.36 Å². The Morgan fingerprint density at radius 1 is 1.37 bits per heavy atom. The summed E-state index contributed by atoms with van der Waals surface area (Å²) in [6, 6.07) is 3.95. The summed E-state index contributed by atoms with van der Waals surface area (Å²) < 4.78 is 4.29. The molecule has 4 nitrogen and oxygen atoms in total. The largest absolute Gasteiger partial charge is 0.382 e. The Morgan fingerprint density at radius 2 is 2.21 bits per heavy atom. The predicted octanol–water partition coefficient (Wildman–Crippen LogP) is 3.41. The first-order valence-corrected chi connectivity index (χ1v) is 7.38. The van der Waals surface area contributed by atoms with Crippen molar-refractivity contribution >= 4 is 22.4 Å². The molecule has 0 aliphatic heterocycles. The fourth-order valence-electron chi connectivity index (χ4n) is 2.04. The van der Waals surface area contributed by atoms with Crippen molar-refractivity contribution in [3.8, 4) is 11.1 Å². The van der Waals surface area contributed by atoms with Crippen LogP contribution in [0.4, 0.5) is 10.8 Å². The van der Waals surface area contributed by atoms with E-state index in [2.05, 4.69) is 28.2 Å². The number of anilines is 2. The molecule has 0 spiro atoms. The fraction of sp³-hybridized carbons (Fsp3) is 0.429. The van der Waals surface area contributed by atoms with Gasteiger partial charge in [-0.2, -0.15) is 4.37 Å². The molecule has 0 aliphatic rings. The zero-order chi connectivity index (χ0) is 13.7. The Bertz CT molecular complexity index is 509. The second kappa shape index (κ2) is 6.52. The number of nitrogens with zero attached hydrogens (tertiary/aromatic N) is 3. The number of nitrogens with two attached hydrogens (primary N) is 1. The summed E-state index contributed by atoms with van der Waals surface area (Å²) >= 11 is 1.46. The van der Waals surface area contributed by atoms with E-state index in [1.807, 2.05) is 18.3 Å². The molecule has 102 valence electrons. The highest BCUT2D eigenvalue weighted by atomic mass is 32.1. The van der Waals surface area contributed by atoms with Crippen LogP contribution in [-0.4, -0.2) is 22.9 Å². The van der Waals surface area contributed by atoms with Crippen LogP contribution in [0.3, 0.4) is 0 Å². The van der Waals surface area contributed by atoms with Crippen LogP contribution < -0.4 is 10.6 Å². The Kier molecular flexibility index (Phi) is 4.74. The van der Waals surface area contributed by atoms with E-state index in [0.717, 1.165) is 22.7 Å². The van der Waals surface area contributed by atoms with E-state index in [9.17, 15) is 0 Å². The van der Waals surface area contributed by atoms with Crippen LogP contribution >= 0.6 is 11.5 Å². The van der Waals surface area contributed by atoms with Gasteiger partial charge >= 0.3 is 0 Å². The van der Waals surface area contributed by atoms with Crippen LogP contribution in [0.2, 0.25) is 0 Å². The van der Waals surface area contributed by atoms with E-state index in [4.69, 9.17) is 5.73 Å². The Labute approximate surface area is 118 Å². The number of unbranched alkanes of at least 4 members (excludes halogenated alkanes) is 2. The summed E-state index contributed by atoms with van der Waals surface area (Å²) in [5.74, 6) is 0.593. The third-order valence-corrected chi connectivity index (χ3v) is 4.07. The SMILES string of the molecule is CCCCCN(C)c1snc(N)c1-c1cccnc1. The Hall–Kier alpha value is -1.62. The van der Waals surface area contributed by atoms with Gasteiger partial charge in [0.1, 0.15) is 10.8 Å². The summed E-state index contributed by atoms with van der Waals surface area (Å²) in [6.45, 7) is 3.24. The van der Waals surface area contributed by atoms with E-state index in [0.29, 0.717) is 5.82 Å². The molecule has 0 saturated heterocycles. The maximum atomic E-state index is 6.01. The molecule has 0 amide bonds. The van der Waals surface area contributed by atoms with Crippen molar-refractivity contribution in [2.45, 2.75) is 26.2 Å². The maximum Gasteiger partial charge on any atom is 0.147 e. The second-order valence-corrected chi connectivity index (χ2v) is 5.37. The number of hydrogen-bond acceptors (Lipinski definition) is 5. The van der Waals surface area contributed by atoms with Gasteiger partial charge in [-0.3, -0.25) is 4.98 Å². The normalized spacial score (nSPS) is 10.6. The lowest BCUT2D eigenvalue weighted by molar-refractivity contribution is 0.707. The van der Waals surface area contributed by atoms with Gasteiger partial charge in [-0.1, -0.05) is 25.8 Å². The first-order valence-electron chi connectivity index (χ1n) is 6.60. The number of pyridine rings is 1. The van der Waals surface area contributed by atoms with Crippen LogP contribution in [0, 0.1) is 0 Å². The third-order valence-electron chi connectivity index (χ3n) is 3.09. The second-order valence-electron chi connectivity index (χ2n) is 4.62. The smallest absolute Gasteiger partial charge is 0.147 e. The summed E-state index contributed by atoms with van der Waals surface area (Å²) in [4.78, 5) is 6.40. The Morgan fingerprint density at radius 3 is 2.89 bits per heavy atom. The standard InChI is InChI=1S/C14H20N4S/c1-3-4-5-9-18(2)14-12(13(15)17-19-14)11-7-6-8-16-10-11/h6-8,10H,3-5,9H2,1-2H3,(H2,15,17). The summed E-state index contributed by atoms with van der Waals surface area (Å²) in [6.07, 6.45) is 7.28. The van der Waals surface area contributed by atoms with Crippen LogP contribution in [0.15, 0.2) is 24.5 Å². The van der Waals surface area contributed by atoms with Gasteiger partial charge in [0.15, 0.2) is 0 Å². The summed E-state index contributed by atoms with van der Waals surface area (Å²) in [7, 11) is 2.10. The van der Waals surface area contributed by atoms with E-state index < -0.39 is 0 Å². The van der Waals surface area contributed by atoms with Crippen molar-refractivity contribution in [2.75, 3.05) is 24.2 Å². The van der Waals surface area contributed by atoms with E-state index in [-0.39, 0.29) is 0 Å². The molecule has 0 unspecified atom stereocenters. The van der Waals surface area contributed by atoms with Gasteiger partial charge in [-0.15, -0.1) is 0 Å². The molecule has 19 heavy (non-hydrogen) atoms. The lowest BCUT2D eigenvalue weighted by Gasteiger charge is -2.18. The highest BCUT2D eigenvalue weighted by molar-refractivity contribution is 7.11. The molecule has 0 bridgehead atoms. The van der Waals surface area contributed by atoms with Gasteiger partial charge in [0.05, 0.1) is 5.56 Å². The van der Waals surface area contributed by atoms with Gasteiger partial charge in [-0.05, 0) is 24.0 Å². The minimum Gasteiger partial charge on any atom is -0.382 e. The minimum absolute atomic E-state index is 0.593. The summed E-state index contributed by atoms with van der Waals surface area (Å²) in [5, 5.41) is 1.13. The van der Waals surface area contributed by atoms with E-state index in [1.54, 1.807) is 6.20 Å². The van der Waals surface area contributed by atoms with Gasteiger partial charge in [0, 0.05) is 31.5 Å². The monoisotopic (exact) mass is 276 g/mol. The average molecular weight is 276 g/mol. The molecule has 2 rings (SSSR count). The fourth-order valence-corrected chi connectivity index (χ4v) is 2.86. The quantitative estimate of drug-likeness (QED) is 0.821. The number of rotatable bonds is 6. The third kappa shape index (κ3) is 3.23. The van der Waals surface area contributed by atoms with Crippen molar-refractivity contribution in [3.63, 3.8) is 0 Å². The molecule has 2 heterocycles. The van der Waals surface area contributed by atoms with Gasteiger partial charge in [-0.25, -0.2) is 0 Å². The molecule has 0 atom stereocenters. The predicted molar refractivity (Wildman–Crippen MR) is 82.6 cm³/mol. The van der Waals surface area contributed by atoms with E-state index in [1.165, 1.54) is 30.8 Å². The van der Waals surface area contributed by atoms with E-state index >= 15 is 0 Å². The first-order chi connectivity index (χ1) is 9.24. The lowest BCUT2D eigenvalue weighted by atomic mass is 10.1. The molecule has 2 aromatic rings. The van der Waals surface area contributed by atoms with Gasteiger partial charge < -0.3 is 10.6 Å². The van der Waals surface area contributed by atoms with Crippen molar-refractivity contribution in [3.05, 3.63) is 24.5 Å². The molecule has 0 aromatic carbocycles. The van der Waals surface area contributed by atoms with Crippen LogP contribution in [0.25, 0.3) is 11.1 Å². The lowest BCUT2D eigenvalue weighted by Crippen LogP contribution is -2.18. The van der Waals surface area contributed by atoms with Gasteiger partial charge in [0.2, 0.25) is 0 Å². The molecular formula is C14H20N4S. The number of nitrogen functional groups attached to an aromatic ring is 1. The van der Waals surface area contributed by atoms with Crippen molar-refractivity contribution in [1.29, 1.82) is 0 Å². The number of aromatic nitrogens is 2. The highest BCUT2D eigenvalue weighted by Gasteiger charge is 2.16. The number of hydrogen-bond donors (Lipinski definition) is 1. The molecule has 5 heteroatoms. The average Bonchev–Trinajstić information content (AvgIpc) is 2.82. The molecule has 2 N–H and O–H groups in total.